The number of hydrogen-bond donors (Lipinski definition) is 2. The smallest absolute Gasteiger partial charge is 0.407 e. The molecule has 21 heavy (non-hydrogen) atoms. The van der Waals surface area contributed by atoms with Crippen LogP contribution in [0.2, 0.25) is 0 Å². The maximum absolute atomic E-state index is 12.2. The van der Waals surface area contributed by atoms with Gasteiger partial charge in [0.1, 0.15) is 0 Å². The second-order valence-corrected chi connectivity index (χ2v) is 5.76. The monoisotopic (exact) mass is 299 g/mol. The molecule has 6 heteroatoms. The number of nitrogens with one attached hydrogen (secondary N) is 1. The molecule has 0 radical (unpaired) electrons. The highest BCUT2D eigenvalue weighted by Crippen LogP contribution is 2.15. The number of amides is 2. The number of ether oxygens (including phenoxy) is 1. The summed E-state index contributed by atoms with van der Waals surface area (Å²) in [4.78, 5) is 25.5. The zero-order valence-corrected chi connectivity index (χ0v) is 13.3. The lowest BCUT2D eigenvalue weighted by molar-refractivity contribution is -0.132. The maximum atomic E-state index is 12.2. The minimum absolute atomic E-state index is 0.00298. The lowest BCUT2D eigenvalue weighted by atomic mass is 10.0. The molecule has 2 amide bonds. The fraction of sp³-hybridized carbons (Fsp3) is 0.867. The molecule has 0 bridgehead atoms. The van der Waals surface area contributed by atoms with Gasteiger partial charge in [-0.1, -0.05) is 6.92 Å². The summed E-state index contributed by atoms with van der Waals surface area (Å²) in [5.41, 5.74) is 5.52. The molecule has 0 saturated carbocycles. The molecule has 122 valence electrons. The van der Waals surface area contributed by atoms with Crippen LogP contribution in [-0.4, -0.2) is 49.2 Å². The standard InChI is InChI=1S/C15H29N3O3/c1-3-21-15(20)17-13-5-4-10-18(11-13)14(19)7-6-12(2)8-9-16/h12-13H,3-11,16H2,1-2H3,(H,17,20). The van der Waals surface area contributed by atoms with Gasteiger partial charge in [0.25, 0.3) is 0 Å². The van der Waals surface area contributed by atoms with Gasteiger partial charge in [-0.05, 0) is 45.1 Å². The van der Waals surface area contributed by atoms with E-state index in [9.17, 15) is 9.59 Å². The first kappa shape index (κ1) is 17.8. The Morgan fingerprint density at radius 2 is 2.19 bits per heavy atom. The van der Waals surface area contributed by atoms with Crippen molar-refractivity contribution in [1.29, 1.82) is 0 Å². The Kier molecular flexibility index (Phi) is 8.12. The van der Waals surface area contributed by atoms with Crippen LogP contribution in [0.4, 0.5) is 4.79 Å². The summed E-state index contributed by atoms with van der Waals surface area (Å²) in [5, 5.41) is 2.82. The van der Waals surface area contributed by atoms with Gasteiger partial charge in [0.15, 0.2) is 0 Å². The molecule has 0 aliphatic carbocycles. The third kappa shape index (κ3) is 6.80. The van der Waals surface area contributed by atoms with Crippen LogP contribution in [0.25, 0.3) is 0 Å². The van der Waals surface area contributed by atoms with E-state index in [-0.39, 0.29) is 11.9 Å². The molecule has 6 nitrogen and oxygen atoms in total. The predicted molar refractivity (Wildman–Crippen MR) is 81.8 cm³/mol. The number of carbonyl (C=O) groups excluding carboxylic acids is 2. The van der Waals surface area contributed by atoms with Crippen LogP contribution in [0, 0.1) is 5.92 Å². The largest absolute Gasteiger partial charge is 0.450 e. The molecule has 1 aliphatic heterocycles. The summed E-state index contributed by atoms with van der Waals surface area (Å²) in [6.45, 7) is 6.30. The van der Waals surface area contributed by atoms with Crippen molar-refractivity contribution in [1.82, 2.24) is 10.2 Å². The molecule has 1 rings (SSSR count). The summed E-state index contributed by atoms with van der Waals surface area (Å²) >= 11 is 0. The molecule has 2 unspecified atom stereocenters. The Bertz CT molecular complexity index is 336. The molecule has 1 fully saturated rings. The van der Waals surface area contributed by atoms with Crippen molar-refractivity contribution >= 4 is 12.0 Å². The minimum atomic E-state index is -0.395. The minimum Gasteiger partial charge on any atom is -0.450 e. The van der Waals surface area contributed by atoms with Gasteiger partial charge in [0, 0.05) is 25.6 Å². The average molecular weight is 299 g/mol. The lowest BCUT2D eigenvalue weighted by Crippen LogP contribution is -2.49. The number of rotatable bonds is 7. The number of nitrogens with zero attached hydrogens (tertiary/aromatic N) is 1. The number of piperidine rings is 1. The van der Waals surface area contributed by atoms with Gasteiger partial charge in [-0.25, -0.2) is 4.79 Å². The summed E-state index contributed by atoms with van der Waals surface area (Å²) in [7, 11) is 0. The number of likely N-dealkylation sites (tertiary alicyclic amines) is 1. The normalized spacial score (nSPS) is 20.0. The van der Waals surface area contributed by atoms with E-state index in [0.29, 0.717) is 32.0 Å². The predicted octanol–water partition coefficient (Wildman–Crippen LogP) is 1.49. The molecular formula is C15H29N3O3. The Labute approximate surface area is 127 Å². The van der Waals surface area contributed by atoms with Gasteiger partial charge in [0.05, 0.1) is 6.61 Å². The highest BCUT2D eigenvalue weighted by Gasteiger charge is 2.25. The van der Waals surface area contributed by atoms with E-state index in [1.807, 2.05) is 4.90 Å². The molecule has 0 aromatic carbocycles. The molecule has 1 saturated heterocycles. The molecule has 1 aliphatic rings. The Morgan fingerprint density at radius 1 is 1.43 bits per heavy atom. The number of alkyl carbamates (subject to hydrolysis) is 1. The van der Waals surface area contributed by atoms with Crippen molar-refractivity contribution in [2.24, 2.45) is 11.7 Å². The van der Waals surface area contributed by atoms with E-state index in [1.54, 1.807) is 6.92 Å². The van der Waals surface area contributed by atoms with Crippen molar-refractivity contribution in [2.45, 2.75) is 52.0 Å². The second kappa shape index (κ2) is 9.60. The Morgan fingerprint density at radius 3 is 2.86 bits per heavy atom. The highest BCUT2D eigenvalue weighted by atomic mass is 16.5. The maximum Gasteiger partial charge on any atom is 0.407 e. The fourth-order valence-corrected chi connectivity index (χ4v) is 2.62. The van der Waals surface area contributed by atoms with Gasteiger partial charge in [-0.2, -0.15) is 0 Å². The van der Waals surface area contributed by atoms with Crippen molar-refractivity contribution < 1.29 is 14.3 Å². The fourth-order valence-electron chi connectivity index (χ4n) is 2.62. The number of carbonyl (C=O) groups is 2. The summed E-state index contributed by atoms with van der Waals surface area (Å²) in [6.07, 6.45) is 3.82. The first-order valence-corrected chi connectivity index (χ1v) is 7.98. The van der Waals surface area contributed by atoms with Crippen LogP contribution in [0.5, 0.6) is 0 Å². The van der Waals surface area contributed by atoms with E-state index >= 15 is 0 Å². The zero-order chi connectivity index (χ0) is 15.7. The van der Waals surface area contributed by atoms with Crippen LogP contribution >= 0.6 is 0 Å². The van der Waals surface area contributed by atoms with Crippen LogP contribution in [0.15, 0.2) is 0 Å². The molecule has 0 spiro atoms. The van der Waals surface area contributed by atoms with Crippen molar-refractivity contribution in [3.8, 4) is 0 Å². The second-order valence-electron chi connectivity index (χ2n) is 5.76. The van der Waals surface area contributed by atoms with E-state index < -0.39 is 6.09 Å². The topological polar surface area (TPSA) is 84.7 Å². The van der Waals surface area contributed by atoms with Gasteiger partial charge in [-0.15, -0.1) is 0 Å². The van der Waals surface area contributed by atoms with Gasteiger partial charge >= 0.3 is 6.09 Å². The van der Waals surface area contributed by atoms with Crippen LogP contribution in [-0.2, 0) is 9.53 Å². The number of nitrogens with two attached hydrogens (primary N) is 1. The summed E-state index contributed by atoms with van der Waals surface area (Å²) < 4.78 is 4.88. The number of hydrogen-bond acceptors (Lipinski definition) is 4. The van der Waals surface area contributed by atoms with Crippen LogP contribution in [0.1, 0.15) is 46.0 Å². The Hall–Kier alpha value is -1.30. The lowest BCUT2D eigenvalue weighted by Gasteiger charge is -2.33. The third-order valence-corrected chi connectivity index (χ3v) is 3.88. The third-order valence-electron chi connectivity index (χ3n) is 3.88. The Balaban J connectivity index is 2.34. The molecule has 0 aromatic heterocycles. The van der Waals surface area contributed by atoms with Crippen LogP contribution in [0.3, 0.4) is 0 Å². The first-order chi connectivity index (χ1) is 10.1. The van der Waals surface area contributed by atoms with Crippen molar-refractivity contribution in [3.05, 3.63) is 0 Å². The molecule has 2 atom stereocenters. The van der Waals surface area contributed by atoms with Gasteiger partial charge in [0.2, 0.25) is 5.91 Å². The quantitative estimate of drug-likeness (QED) is 0.746. The van der Waals surface area contributed by atoms with E-state index in [1.165, 1.54) is 0 Å². The van der Waals surface area contributed by atoms with E-state index in [4.69, 9.17) is 10.5 Å². The molecule has 0 aromatic rings. The van der Waals surface area contributed by atoms with Crippen molar-refractivity contribution in [2.75, 3.05) is 26.2 Å². The SMILES string of the molecule is CCOC(=O)NC1CCCN(C(=O)CCC(C)CCN)C1. The van der Waals surface area contributed by atoms with E-state index in [2.05, 4.69) is 12.2 Å². The van der Waals surface area contributed by atoms with Crippen molar-refractivity contribution in [3.63, 3.8) is 0 Å². The average Bonchev–Trinajstić information content (AvgIpc) is 2.45. The zero-order valence-electron chi connectivity index (χ0n) is 13.3. The highest BCUT2D eigenvalue weighted by molar-refractivity contribution is 5.76. The van der Waals surface area contributed by atoms with Crippen LogP contribution < -0.4 is 11.1 Å². The summed E-state index contributed by atoms with van der Waals surface area (Å²) in [5.74, 6) is 0.659. The molecule has 3 N–H and O–H groups in total. The first-order valence-electron chi connectivity index (χ1n) is 7.98. The van der Waals surface area contributed by atoms with Gasteiger partial charge < -0.3 is 20.7 Å². The molecular weight excluding hydrogens is 270 g/mol. The van der Waals surface area contributed by atoms with E-state index in [0.717, 1.165) is 32.2 Å². The summed E-state index contributed by atoms with van der Waals surface area (Å²) in [6, 6.07) is 0.00298. The molecule has 1 heterocycles. The van der Waals surface area contributed by atoms with Gasteiger partial charge in [-0.3, -0.25) is 4.79 Å².